The third-order valence-electron chi connectivity index (χ3n) is 3.19. The number of hydrogen-bond acceptors (Lipinski definition) is 5. The van der Waals surface area contributed by atoms with E-state index < -0.39 is 24.2 Å². The SMILES string of the molecule is CN[C@H](CO)[C@H](O)CN[C@@H](Cc1ccccc1)C(=O)O. The lowest BCUT2D eigenvalue weighted by molar-refractivity contribution is -0.139. The molecule has 5 N–H and O–H groups in total. The maximum atomic E-state index is 11.2. The van der Waals surface area contributed by atoms with Gasteiger partial charge in [0.2, 0.25) is 0 Å². The lowest BCUT2D eigenvalue weighted by atomic mass is 10.1. The van der Waals surface area contributed by atoms with Crippen molar-refractivity contribution in [2.24, 2.45) is 0 Å². The van der Waals surface area contributed by atoms with Crippen LogP contribution in [-0.4, -0.2) is 59.7 Å². The molecule has 0 spiro atoms. The Morgan fingerprint density at radius 2 is 1.95 bits per heavy atom. The van der Waals surface area contributed by atoms with Crippen LogP contribution in [0.5, 0.6) is 0 Å². The average Bonchev–Trinajstić information content (AvgIpc) is 2.45. The van der Waals surface area contributed by atoms with Gasteiger partial charge in [0, 0.05) is 6.54 Å². The minimum atomic E-state index is -0.967. The summed E-state index contributed by atoms with van der Waals surface area (Å²) in [6.07, 6.45) is -0.519. The second-order valence-corrected chi connectivity index (χ2v) is 4.63. The highest BCUT2D eigenvalue weighted by molar-refractivity contribution is 5.73. The molecule has 1 aromatic rings. The van der Waals surface area contributed by atoms with E-state index in [2.05, 4.69) is 10.6 Å². The number of carboxylic acids is 1. The second kappa shape index (κ2) is 8.65. The van der Waals surface area contributed by atoms with E-state index >= 15 is 0 Å². The van der Waals surface area contributed by atoms with E-state index in [4.69, 9.17) is 5.11 Å². The number of aliphatic hydroxyl groups excluding tert-OH is 2. The molecule has 1 aromatic carbocycles. The molecule has 112 valence electrons. The number of benzene rings is 1. The smallest absolute Gasteiger partial charge is 0.321 e. The van der Waals surface area contributed by atoms with E-state index in [-0.39, 0.29) is 13.2 Å². The molecule has 0 bridgehead atoms. The molecule has 0 aliphatic rings. The van der Waals surface area contributed by atoms with E-state index in [1.54, 1.807) is 7.05 Å². The van der Waals surface area contributed by atoms with Crippen molar-refractivity contribution < 1.29 is 20.1 Å². The third-order valence-corrected chi connectivity index (χ3v) is 3.19. The Labute approximate surface area is 118 Å². The topological polar surface area (TPSA) is 102 Å². The van der Waals surface area contributed by atoms with Gasteiger partial charge in [0.15, 0.2) is 0 Å². The highest BCUT2D eigenvalue weighted by Gasteiger charge is 2.21. The molecule has 20 heavy (non-hydrogen) atoms. The minimum Gasteiger partial charge on any atom is -0.480 e. The molecule has 0 saturated heterocycles. The summed E-state index contributed by atoms with van der Waals surface area (Å²) < 4.78 is 0. The molecule has 6 heteroatoms. The first-order valence-corrected chi connectivity index (χ1v) is 6.54. The highest BCUT2D eigenvalue weighted by Crippen LogP contribution is 2.04. The van der Waals surface area contributed by atoms with Crippen LogP contribution in [0.3, 0.4) is 0 Å². The molecular weight excluding hydrogens is 260 g/mol. The van der Waals surface area contributed by atoms with Crippen molar-refractivity contribution in [3.8, 4) is 0 Å². The van der Waals surface area contributed by atoms with Crippen LogP contribution < -0.4 is 10.6 Å². The van der Waals surface area contributed by atoms with Crippen molar-refractivity contribution in [1.82, 2.24) is 10.6 Å². The zero-order valence-electron chi connectivity index (χ0n) is 11.5. The van der Waals surface area contributed by atoms with Crippen LogP contribution in [0.2, 0.25) is 0 Å². The Bertz CT molecular complexity index is 395. The van der Waals surface area contributed by atoms with Crippen LogP contribution in [0, 0.1) is 0 Å². The van der Waals surface area contributed by atoms with Crippen LogP contribution in [-0.2, 0) is 11.2 Å². The molecular formula is C14H22N2O4. The van der Waals surface area contributed by atoms with Crippen molar-refractivity contribution in [3.05, 3.63) is 35.9 Å². The number of aliphatic hydroxyl groups is 2. The zero-order chi connectivity index (χ0) is 15.0. The van der Waals surface area contributed by atoms with Gasteiger partial charge in [-0.2, -0.15) is 0 Å². The number of carbonyl (C=O) groups is 1. The Morgan fingerprint density at radius 1 is 1.30 bits per heavy atom. The quantitative estimate of drug-likeness (QED) is 0.407. The van der Waals surface area contributed by atoms with Gasteiger partial charge in [0.25, 0.3) is 0 Å². The summed E-state index contributed by atoms with van der Waals surface area (Å²) >= 11 is 0. The first-order valence-electron chi connectivity index (χ1n) is 6.54. The van der Waals surface area contributed by atoms with Gasteiger partial charge in [-0.05, 0) is 19.0 Å². The predicted molar refractivity (Wildman–Crippen MR) is 75.5 cm³/mol. The molecule has 1 rings (SSSR count). The van der Waals surface area contributed by atoms with Gasteiger partial charge in [-0.1, -0.05) is 30.3 Å². The molecule has 3 atom stereocenters. The van der Waals surface area contributed by atoms with Crippen LogP contribution >= 0.6 is 0 Å². The summed E-state index contributed by atoms with van der Waals surface area (Å²) in [6.45, 7) is -0.119. The predicted octanol–water partition coefficient (Wildman–Crippen LogP) is -0.787. The number of nitrogens with one attached hydrogen (secondary N) is 2. The Hall–Kier alpha value is -1.47. The summed E-state index contributed by atoms with van der Waals surface area (Å²) in [7, 11) is 1.63. The van der Waals surface area contributed by atoms with E-state index in [9.17, 15) is 15.0 Å². The van der Waals surface area contributed by atoms with E-state index in [0.717, 1.165) is 5.56 Å². The summed E-state index contributed by atoms with van der Waals surface area (Å²) in [6, 6.07) is 8.04. The Morgan fingerprint density at radius 3 is 2.45 bits per heavy atom. The molecule has 0 unspecified atom stereocenters. The summed E-state index contributed by atoms with van der Waals surface area (Å²) in [5.74, 6) is -0.967. The first kappa shape index (κ1) is 16.6. The third kappa shape index (κ3) is 5.26. The molecule has 0 aliphatic carbocycles. The largest absolute Gasteiger partial charge is 0.480 e. The number of aliphatic carboxylic acids is 1. The molecule has 0 heterocycles. The van der Waals surface area contributed by atoms with Crippen LogP contribution in [0.1, 0.15) is 5.56 Å². The lowest BCUT2D eigenvalue weighted by Gasteiger charge is -2.23. The average molecular weight is 282 g/mol. The normalized spacial score (nSPS) is 15.6. The highest BCUT2D eigenvalue weighted by atomic mass is 16.4. The van der Waals surface area contributed by atoms with Crippen LogP contribution in [0.4, 0.5) is 0 Å². The summed E-state index contributed by atoms with van der Waals surface area (Å²) in [4.78, 5) is 11.2. The van der Waals surface area contributed by atoms with Crippen molar-refractivity contribution in [1.29, 1.82) is 0 Å². The van der Waals surface area contributed by atoms with Crippen molar-refractivity contribution in [3.63, 3.8) is 0 Å². The molecule has 0 saturated carbocycles. The molecule has 0 amide bonds. The van der Waals surface area contributed by atoms with E-state index in [1.807, 2.05) is 30.3 Å². The number of rotatable bonds is 9. The molecule has 0 radical (unpaired) electrons. The molecule has 0 aromatic heterocycles. The fraction of sp³-hybridized carbons (Fsp3) is 0.500. The van der Waals surface area contributed by atoms with Gasteiger partial charge in [-0.15, -0.1) is 0 Å². The Kier molecular flexibility index (Phi) is 7.17. The van der Waals surface area contributed by atoms with Crippen molar-refractivity contribution in [2.45, 2.75) is 24.6 Å². The molecule has 6 nitrogen and oxygen atoms in total. The minimum absolute atomic E-state index is 0.0931. The number of likely N-dealkylation sites (N-methyl/N-ethyl adjacent to an activating group) is 1. The maximum Gasteiger partial charge on any atom is 0.321 e. The van der Waals surface area contributed by atoms with Crippen LogP contribution in [0.25, 0.3) is 0 Å². The lowest BCUT2D eigenvalue weighted by Crippen LogP contribution is -2.49. The summed E-state index contributed by atoms with van der Waals surface area (Å²) in [5.41, 5.74) is 0.911. The fourth-order valence-corrected chi connectivity index (χ4v) is 1.91. The van der Waals surface area contributed by atoms with Crippen molar-refractivity contribution >= 4 is 5.97 Å². The second-order valence-electron chi connectivity index (χ2n) is 4.63. The van der Waals surface area contributed by atoms with Crippen LogP contribution in [0.15, 0.2) is 30.3 Å². The van der Waals surface area contributed by atoms with Crippen molar-refractivity contribution in [2.75, 3.05) is 20.2 Å². The van der Waals surface area contributed by atoms with Gasteiger partial charge in [0.05, 0.1) is 18.8 Å². The Balaban J connectivity index is 2.54. The van der Waals surface area contributed by atoms with Gasteiger partial charge in [-0.3, -0.25) is 4.79 Å². The monoisotopic (exact) mass is 282 g/mol. The first-order chi connectivity index (χ1) is 9.58. The molecule has 0 aliphatic heterocycles. The number of hydrogen-bond donors (Lipinski definition) is 5. The van der Waals surface area contributed by atoms with E-state index in [1.165, 1.54) is 0 Å². The zero-order valence-corrected chi connectivity index (χ0v) is 11.5. The maximum absolute atomic E-state index is 11.2. The summed E-state index contributed by atoms with van der Waals surface area (Å²) in [5, 5.41) is 33.6. The standard InChI is InChI=1S/C14H22N2O4/c1-15-12(9-17)13(18)8-16-11(14(19)20)7-10-5-3-2-4-6-10/h2-6,11-13,15-18H,7-9H2,1H3,(H,19,20)/t11-,12+,13+/m0/s1. The van der Waals surface area contributed by atoms with Gasteiger partial charge in [-0.25, -0.2) is 0 Å². The fourth-order valence-electron chi connectivity index (χ4n) is 1.91. The van der Waals surface area contributed by atoms with Gasteiger partial charge in [0.1, 0.15) is 6.04 Å². The van der Waals surface area contributed by atoms with Gasteiger partial charge >= 0.3 is 5.97 Å². The van der Waals surface area contributed by atoms with E-state index in [0.29, 0.717) is 6.42 Å². The number of carboxylic acid groups (broad SMARTS) is 1. The molecule has 0 fully saturated rings. The van der Waals surface area contributed by atoms with Gasteiger partial charge < -0.3 is 26.0 Å².